The lowest BCUT2D eigenvalue weighted by Crippen LogP contribution is -2.39. The zero-order valence-electron chi connectivity index (χ0n) is 18.0. The maximum absolute atomic E-state index is 13.3. The monoisotopic (exact) mass is 430 g/mol. The molecule has 8 nitrogen and oxygen atoms in total. The normalized spacial score (nSPS) is 16.1. The zero-order chi connectivity index (χ0) is 21.9. The number of hydrogen-bond acceptors (Lipinski definition) is 6. The van der Waals surface area contributed by atoms with Gasteiger partial charge in [0.2, 0.25) is 11.9 Å². The van der Waals surface area contributed by atoms with Gasteiger partial charge in [-0.15, -0.1) is 0 Å². The molecule has 0 saturated carbocycles. The second-order valence-corrected chi connectivity index (χ2v) is 8.08. The SMILES string of the molecule is Cc1cc(NC(=O)C(c2ccccc2)N2CCCN(c3nc4ccccc4[nH]3)CC2)no1. The number of carbonyl (C=O) groups excluding carboxylic acids is 1. The van der Waals surface area contributed by atoms with E-state index in [1.807, 2.05) is 54.6 Å². The highest BCUT2D eigenvalue weighted by Gasteiger charge is 2.30. The molecule has 2 aromatic carbocycles. The van der Waals surface area contributed by atoms with Crippen LogP contribution < -0.4 is 10.2 Å². The Balaban J connectivity index is 1.36. The number of carbonyl (C=O) groups is 1. The molecule has 1 amide bonds. The van der Waals surface area contributed by atoms with Crippen LogP contribution in [0.1, 0.15) is 23.8 Å². The van der Waals surface area contributed by atoms with E-state index >= 15 is 0 Å². The summed E-state index contributed by atoms with van der Waals surface area (Å²) < 4.78 is 5.11. The van der Waals surface area contributed by atoms with Crippen LogP contribution in [-0.2, 0) is 4.79 Å². The van der Waals surface area contributed by atoms with E-state index < -0.39 is 6.04 Å². The number of imidazole rings is 1. The van der Waals surface area contributed by atoms with Gasteiger partial charge in [0.05, 0.1) is 11.0 Å². The van der Waals surface area contributed by atoms with Gasteiger partial charge in [0.25, 0.3) is 0 Å². The zero-order valence-corrected chi connectivity index (χ0v) is 18.0. The first-order chi connectivity index (χ1) is 15.7. The molecule has 32 heavy (non-hydrogen) atoms. The number of aromatic nitrogens is 3. The predicted octanol–water partition coefficient (Wildman–Crippen LogP) is 3.75. The number of amides is 1. The van der Waals surface area contributed by atoms with Gasteiger partial charge >= 0.3 is 0 Å². The van der Waals surface area contributed by atoms with Gasteiger partial charge in [-0.05, 0) is 31.0 Å². The van der Waals surface area contributed by atoms with E-state index in [0.717, 1.165) is 55.1 Å². The molecule has 4 aromatic rings. The molecule has 5 rings (SSSR count). The highest BCUT2D eigenvalue weighted by molar-refractivity contribution is 5.94. The molecular formula is C24H26N6O2. The fourth-order valence-corrected chi connectivity index (χ4v) is 4.28. The fraction of sp³-hybridized carbons (Fsp3) is 0.292. The van der Waals surface area contributed by atoms with Gasteiger partial charge in [-0.1, -0.05) is 47.6 Å². The lowest BCUT2D eigenvalue weighted by molar-refractivity contribution is -0.121. The summed E-state index contributed by atoms with van der Waals surface area (Å²) >= 11 is 0. The lowest BCUT2D eigenvalue weighted by atomic mass is 10.0. The van der Waals surface area contributed by atoms with Crippen LogP contribution in [-0.4, -0.2) is 52.1 Å². The van der Waals surface area contributed by atoms with Gasteiger partial charge in [-0.25, -0.2) is 4.98 Å². The Kier molecular flexibility index (Phi) is 5.60. The number of nitrogens with one attached hydrogen (secondary N) is 2. The number of benzene rings is 2. The molecule has 2 aromatic heterocycles. The Bertz CT molecular complexity index is 1170. The summed E-state index contributed by atoms with van der Waals surface area (Å²) in [6, 6.07) is 19.3. The van der Waals surface area contributed by atoms with Crippen molar-refractivity contribution in [2.75, 3.05) is 36.4 Å². The van der Waals surface area contributed by atoms with Crippen LogP contribution in [0.4, 0.5) is 11.8 Å². The smallest absolute Gasteiger partial charge is 0.247 e. The van der Waals surface area contributed by atoms with Crippen molar-refractivity contribution >= 4 is 28.7 Å². The number of aryl methyl sites for hydroxylation is 1. The highest BCUT2D eigenvalue weighted by Crippen LogP contribution is 2.26. The third-order valence-electron chi connectivity index (χ3n) is 5.81. The van der Waals surface area contributed by atoms with Crippen LogP contribution in [0.2, 0.25) is 0 Å². The predicted molar refractivity (Wildman–Crippen MR) is 124 cm³/mol. The molecule has 0 radical (unpaired) electrons. The average molecular weight is 431 g/mol. The summed E-state index contributed by atoms with van der Waals surface area (Å²) in [6.07, 6.45) is 0.927. The Morgan fingerprint density at radius 3 is 2.66 bits per heavy atom. The van der Waals surface area contributed by atoms with Crippen LogP contribution >= 0.6 is 0 Å². The van der Waals surface area contributed by atoms with E-state index in [1.54, 1.807) is 13.0 Å². The molecule has 1 unspecified atom stereocenters. The number of fused-ring (bicyclic) bond motifs is 1. The van der Waals surface area contributed by atoms with Crippen molar-refractivity contribution in [1.29, 1.82) is 0 Å². The minimum Gasteiger partial charge on any atom is -0.360 e. The van der Waals surface area contributed by atoms with E-state index in [-0.39, 0.29) is 5.91 Å². The number of H-pyrrole nitrogens is 1. The Morgan fingerprint density at radius 1 is 1.06 bits per heavy atom. The topological polar surface area (TPSA) is 90.3 Å². The van der Waals surface area contributed by atoms with Crippen molar-refractivity contribution in [1.82, 2.24) is 20.0 Å². The summed E-state index contributed by atoms with van der Waals surface area (Å²) in [5, 5.41) is 6.84. The quantitative estimate of drug-likeness (QED) is 0.501. The molecule has 1 aliphatic heterocycles. The van der Waals surface area contributed by atoms with Crippen LogP contribution in [0.15, 0.2) is 65.2 Å². The number of para-hydroxylation sites is 2. The van der Waals surface area contributed by atoms with Crippen molar-refractivity contribution in [3.63, 3.8) is 0 Å². The standard InChI is InChI=1S/C24H26N6O2/c1-17-16-21(28-32-17)27-23(31)22(18-8-3-2-4-9-18)29-12-7-13-30(15-14-29)24-25-19-10-5-6-11-20(19)26-24/h2-6,8-11,16,22H,7,12-15H2,1H3,(H,25,26)(H,27,28,31). The maximum Gasteiger partial charge on any atom is 0.247 e. The summed E-state index contributed by atoms with van der Waals surface area (Å²) in [7, 11) is 0. The summed E-state index contributed by atoms with van der Waals surface area (Å²) in [5.74, 6) is 1.87. The van der Waals surface area contributed by atoms with Crippen molar-refractivity contribution in [2.45, 2.75) is 19.4 Å². The molecule has 0 aliphatic carbocycles. The van der Waals surface area contributed by atoms with Crippen molar-refractivity contribution < 1.29 is 9.32 Å². The van der Waals surface area contributed by atoms with E-state index in [0.29, 0.717) is 11.6 Å². The molecule has 164 valence electrons. The minimum absolute atomic E-state index is 0.110. The third kappa shape index (κ3) is 4.22. The van der Waals surface area contributed by atoms with Crippen LogP contribution in [0, 0.1) is 6.92 Å². The number of anilines is 2. The van der Waals surface area contributed by atoms with Crippen molar-refractivity contribution in [3.8, 4) is 0 Å². The first-order valence-corrected chi connectivity index (χ1v) is 10.9. The third-order valence-corrected chi connectivity index (χ3v) is 5.81. The number of aromatic amines is 1. The molecule has 3 heterocycles. The van der Waals surface area contributed by atoms with Crippen LogP contribution in [0.25, 0.3) is 11.0 Å². The molecule has 1 fully saturated rings. The molecule has 0 spiro atoms. The molecule has 0 bridgehead atoms. The van der Waals surface area contributed by atoms with E-state index in [1.165, 1.54) is 0 Å². The molecule has 2 N–H and O–H groups in total. The van der Waals surface area contributed by atoms with Crippen molar-refractivity contribution in [2.24, 2.45) is 0 Å². The molecule has 1 atom stereocenters. The Labute approximate surface area is 186 Å². The summed E-state index contributed by atoms with van der Waals surface area (Å²) in [5.41, 5.74) is 2.96. The average Bonchev–Trinajstić information content (AvgIpc) is 3.34. The van der Waals surface area contributed by atoms with E-state index in [9.17, 15) is 4.79 Å². The second-order valence-electron chi connectivity index (χ2n) is 8.08. The van der Waals surface area contributed by atoms with Crippen LogP contribution in [0.5, 0.6) is 0 Å². The highest BCUT2D eigenvalue weighted by atomic mass is 16.5. The summed E-state index contributed by atoms with van der Waals surface area (Å²) in [6.45, 7) is 5.00. The van der Waals surface area contributed by atoms with Gasteiger partial charge in [-0.3, -0.25) is 9.69 Å². The number of nitrogens with zero attached hydrogens (tertiary/aromatic N) is 4. The Hall–Kier alpha value is -3.65. The van der Waals surface area contributed by atoms with Gasteiger partial charge in [0.1, 0.15) is 11.8 Å². The second kappa shape index (κ2) is 8.84. The Morgan fingerprint density at radius 2 is 1.88 bits per heavy atom. The molecule has 8 heteroatoms. The van der Waals surface area contributed by atoms with Crippen molar-refractivity contribution in [3.05, 3.63) is 72.0 Å². The maximum atomic E-state index is 13.3. The fourth-order valence-electron chi connectivity index (χ4n) is 4.28. The number of rotatable bonds is 5. The number of hydrogen-bond donors (Lipinski definition) is 2. The van der Waals surface area contributed by atoms with E-state index in [2.05, 4.69) is 25.3 Å². The minimum atomic E-state index is -0.413. The summed E-state index contributed by atoms with van der Waals surface area (Å²) in [4.78, 5) is 26.0. The van der Waals surface area contributed by atoms with Gasteiger partial charge in [0, 0.05) is 32.2 Å². The molecular weight excluding hydrogens is 404 g/mol. The van der Waals surface area contributed by atoms with Gasteiger partial charge in [0.15, 0.2) is 5.82 Å². The lowest BCUT2D eigenvalue weighted by Gasteiger charge is -2.29. The van der Waals surface area contributed by atoms with E-state index in [4.69, 9.17) is 9.51 Å². The largest absolute Gasteiger partial charge is 0.360 e. The van der Waals surface area contributed by atoms with Crippen LogP contribution in [0.3, 0.4) is 0 Å². The van der Waals surface area contributed by atoms with Gasteiger partial charge < -0.3 is 19.7 Å². The van der Waals surface area contributed by atoms with Gasteiger partial charge in [-0.2, -0.15) is 0 Å². The first kappa shape index (κ1) is 20.3. The molecule has 1 saturated heterocycles. The first-order valence-electron chi connectivity index (χ1n) is 10.9. The molecule has 1 aliphatic rings.